The molecule has 8 heteroatoms. The van der Waals surface area contributed by atoms with Crippen LogP contribution in [0.1, 0.15) is 24.5 Å². The van der Waals surface area contributed by atoms with Gasteiger partial charge < -0.3 is 10.6 Å². The molecule has 0 radical (unpaired) electrons. The van der Waals surface area contributed by atoms with Crippen molar-refractivity contribution in [2.45, 2.75) is 32.1 Å². The normalized spacial score (nSPS) is 19.3. The second kappa shape index (κ2) is 11.3. The van der Waals surface area contributed by atoms with E-state index in [1.807, 2.05) is 18.7 Å². The third-order valence-electron chi connectivity index (χ3n) is 3.81. The largest absolute Gasteiger partial charge is 0.357 e. The number of aryl methyl sites for hydroxylation is 1. The van der Waals surface area contributed by atoms with E-state index >= 15 is 0 Å². The first-order valence-corrected chi connectivity index (χ1v) is 11.3. The highest BCUT2D eigenvalue weighted by molar-refractivity contribution is 14.0. The highest BCUT2D eigenvalue weighted by atomic mass is 127. The summed E-state index contributed by atoms with van der Waals surface area (Å²) >= 11 is 1.86. The van der Waals surface area contributed by atoms with E-state index in [2.05, 4.69) is 46.8 Å². The fraction of sp³-hybridized carbons (Fsp3) is 0.588. The zero-order valence-electron chi connectivity index (χ0n) is 14.8. The van der Waals surface area contributed by atoms with Crippen molar-refractivity contribution in [1.82, 2.24) is 10.6 Å². The number of nitrogens with one attached hydrogen (secondary N) is 2. The number of benzene rings is 1. The van der Waals surface area contributed by atoms with E-state index in [-0.39, 0.29) is 41.5 Å². The van der Waals surface area contributed by atoms with Crippen LogP contribution in [0, 0.1) is 6.92 Å². The molecule has 1 saturated heterocycles. The summed E-state index contributed by atoms with van der Waals surface area (Å²) < 4.78 is 23.1. The topological polar surface area (TPSA) is 70.6 Å². The summed E-state index contributed by atoms with van der Waals surface area (Å²) in [5, 5.41) is 6.42. The van der Waals surface area contributed by atoms with Gasteiger partial charge in [-0.05, 0) is 25.8 Å². The van der Waals surface area contributed by atoms with Crippen LogP contribution in [0.15, 0.2) is 29.3 Å². The van der Waals surface area contributed by atoms with E-state index in [9.17, 15) is 8.42 Å². The Morgan fingerprint density at radius 2 is 2.04 bits per heavy atom. The van der Waals surface area contributed by atoms with Crippen molar-refractivity contribution in [3.05, 3.63) is 35.4 Å². The molecule has 0 aromatic heterocycles. The molecule has 1 atom stereocenters. The van der Waals surface area contributed by atoms with Gasteiger partial charge in [0.2, 0.25) is 0 Å². The standard InChI is InChI=1S/C17H27N3O2S2.HI/c1-3-18-17(20-16-8-11-24(21,22)13-16)19-9-10-23-12-15-6-4-14(2)5-7-15;/h4-7,16H,3,8-13H2,1-2H3,(H2,18,19,20);1H. The summed E-state index contributed by atoms with van der Waals surface area (Å²) in [7, 11) is -2.87. The first-order chi connectivity index (χ1) is 11.5. The Labute approximate surface area is 172 Å². The highest BCUT2D eigenvalue weighted by Crippen LogP contribution is 2.13. The molecule has 1 aliphatic heterocycles. The van der Waals surface area contributed by atoms with Gasteiger partial charge in [-0.15, -0.1) is 24.0 Å². The number of aliphatic imine (C=N–C) groups is 1. The molecule has 5 nitrogen and oxygen atoms in total. The number of hydrogen-bond donors (Lipinski definition) is 2. The lowest BCUT2D eigenvalue weighted by Crippen LogP contribution is -2.44. The van der Waals surface area contributed by atoms with Crippen molar-refractivity contribution in [1.29, 1.82) is 0 Å². The Kier molecular flexibility index (Phi) is 10.2. The van der Waals surface area contributed by atoms with Crippen LogP contribution in [0.4, 0.5) is 0 Å². The molecule has 1 fully saturated rings. The Morgan fingerprint density at radius 3 is 2.64 bits per heavy atom. The maximum atomic E-state index is 11.5. The second-order valence-electron chi connectivity index (χ2n) is 6.04. The van der Waals surface area contributed by atoms with Gasteiger partial charge in [0, 0.05) is 24.1 Å². The van der Waals surface area contributed by atoms with Gasteiger partial charge in [0.15, 0.2) is 15.8 Å². The van der Waals surface area contributed by atoms with Crippen molar-refractivity contribution >= 4 is 51.5 Å². The molecule has 0 amide bonds. The molecule has 2 rings (SSSR count). The first-order valence-electron chi connectivity index (χ1n) is 8.37. The zero-order valence-corrected chi connectivity index (χ0v) is 18.8. The number of guanidine groups is 1. The van der Waals surface area contributed by atoms with Gasteiger partial charge in [-0.25, -0.2) is 8.42 Å². The molecule has 25 heavy (non-hydrogen) atoms. The van der Waals surface area contributed by atoms with Gasteiger partial charge in [0.05, 0.1) is 18.1 Å². The van der Waals surface area contributed by atoms with Gasteiger partial charge in [-0.1, -0.05) is 29.8 Å². The van der Waals surface area contributed by atoms with Crippen molar-refractivity contribution in [3.8, 4) is 0 Å². The molecule has 0 spiro atoms. The Balaban J connectivity index is 0.00000312. The van der Waals surface area contributed by atoms with E-state index in [0.717, 1.165) is 24.0 Å². The minimum atomic E-state index is -2.87. The van der Waals surface area contributed by atoms with E-state index < -0.39 is 9.84 Å². The van der Waals surface area contributed by atoms with Crippen LogP contribution in [0.2, 0.25) is 0 Å². The van der Waals surface area contributed by atoms with Gasteiger partial charge in [0.25, 0.3) is 0 Å². The molecular formula is C17H28IN3O2S2. The third-order valence-corrected chi connectivity index (χ3v) is 6.59. The fourth-order valence-electron chi connectivity index (χ4n) is 2.52. The van der Waals surface area contributed by atoms with E-state index in [4.69, 9.17) is 0 Å². The molecule has 0 bridgehead atoms. The van der Waals surface area contributed by atoms with Gasteiger partial charge in [-0.3, -0.25) is 4.99 Å². The molecule has 1 unspecified atom stereocenters. The Bertz CT molecular complexity index is 648. The first kappa shape index (κ1) is 22.6. The fourth-order valence-corrected chi connectivity index (χ4v) is 4.98. The molecule has 1 aromatic carbocycles. The molecule has 1 aromatic rings. The van der Waals surface area contributed by atoms with Crippen LogP contribution in [-0.2, 0) is 15.6 Å². The summed E-state index contributed by atoms with van der Waals surface area (Å²) in [4.78, 5) is 4.55. The maximum Gasteiger partial charge on any atom is 0.191 e. The molecule has 142 valence electrons. The average Bonchev–Trinajstić information content (AvgIpc) is 2.88. The van der Waals surface area contributed by atoms with Crippen LogP contribution in [0.3, 0.4) is 0 Å². The number of halogens is 1. The minimum Gasteiger partial charge on any atom is -0.357 e. The molecule has 1 aliphatic rings. The van der Waals surface area contributed by atoms with Crippen LogP contribution >= 0.6 is 35.7 Å². The van der Waals surface area contributed by atoms with Crippen LogP contribution in [0.5, 0.6) is 0 Å². The monoisotopic (exact) mass is 497 g/mol. The maximum absolute atomic E-state index is 11.5. The Morgan fingerprint density at radius 1 is 1.32 bits per heavy atom. The number of sulfone groups is 1. The average molecular weight is 497 g/mol. The predicted octanol–water partition coefficient (Wildman–Crippen LogP) is 2.59. The highest BCUT2D eigenvalue weighted by Gasteiger charge is 2.28. The van der Waals surface area contributed by atoms with Crippen molar-refractivity contribution < 1.29 is 8.42 Å². The van der Waals surface area contributed by atoms with Crippen LogP contribution in [-0.4, -0.2) is 50.8 Å². The summed E-state index contributed by atoms with van der Waals surface area (Å²) in [6, 6.07) is 8.58. The summed E-state index contributed by atoms with van der Waals surface area (Å²) in [6.07, 6.45) is 0.662. The summed E-state index contributed by atoms with van der Waals surface area (Å²) in [6.45, 7) is 5.58. The summed E-state index contributed by atoms with van der Waals surface area (Å²) in [5.74, 6) is 3.12. The lowest BCUT2D eigenvalue weighted by molar-refractivity contribution is 0.599. The van der Waals surface area contributed by atoms with Crippen molar-refractivity contribution in [2.75, 3.05) is 30.3 Å². The van der Waals surface area contributed by atoms with Gasteiger partial charge >= 0.3 is 0 Å². The van der Waals surface area contributed by atoms with Gasteiger partial charge in [0.1, 0.15) is 0 Å². The smallest absolute Gasteiger partial charge is 0.191 e. The van der Waals surface area contributed by atoms with Gasteiger partial charge in [-0.2, -0.15) is 11.8 Å². The van der Waals surface area contributed by atoms with Crippen molar-refractivity contribution in [2.24, 2.45) is 4.99 Å². The van der Waals surface area contributed by atoms with E-state index in [1.165, 1.54) is 11.1 Å². The van der Waals surface area contributed by atoms with Crippen LogP contribution in [0.25, 0.3) is 0 Å². The molecule has 0 saturated carbocycles. The SMILES string of the molecule is CCNC(=NCCSCc1ccc(C)cc1)NC1CCS(=O)(=O)C1.I. The molecule has 2 N–H and O–H groups in total. The predicted molar refractivity (Wildman–Crippen MR) is 119 cm³/mol. The zero-order chi connectivity index (χ0) is 17.4. The summed E-state index contributed by atoms with van der Waals surface area (Å²) in [5.41, 5.74) is 2.61. The Hall–Kier alpha value is -0.480. The minimum absolute atomic E-state index is 0. The number of thioether (sulfide) groups is 1. The van der Waals surface area contributed by atoms with Crippen molar-refractivity contribution in [3.63, 3.8) is 0 Å². The molecule has 0 aliphatic carbocycles. The van der Waals surface area contributed by atoms with E-state index in [0.29, 0.717) is 13.0 Å². The molecule has 1 heterocycles. The molecular weight excluding hydrogens is 469 g/mol. The van der Waals surface area contributed by atoms with E-state index in [1.54, 1.807) is 0 Å². The number of rotatable bonds is 7. The lowest BCUT2D eigenvalue weighted by Gasteiger charge is -2.15. The quantitative estimate of drug-likeness (QED) is 0.262. The second-order valence-corrected chi connectivity index (χ2v) is 9.38. The third kappa shape index (κ3) is 8.63. The lowest BCUT2D eigenvalue weighted by atomic mass is 10.2. The number of nitrogens with zero attached hydrogens (tertiary/aromatic N) is 1. The number of hydrogen-bond acceptors (Lipinski definition) is 4. The van der Waals surface area contributed by atoms with Crippen LogP contribution < -0.4 is 10.6 Å².